The van der Waals surface area contributed by atoms with Gasteiger partial charge in [-0.2, -0.15) is 0 Å². The van der Waals surface area contributed by atoms with Crippen molar-refractivity contribution in [2.24, 2.45) is 5.92 Å². The topological polar surface area (TPSA) is 145 Å². The molecule has 45 heavy (non-hydrogen) atoms. The Labute approximate surface area is 271 Å². The van der Waals surface area contributed by atoms with Crippen LogP contribution in [-0.4, -0.2) is 73.5 Å². The van der Waals surface area contributed by atoms with Gasteiger partial charge in [0.25, 0.3) is 15.9 Å². The van der Waals surface area contributed by atoms with Gasteiger partial charge in [0.1, 0.15) is 11.8 Å². The molecular weight excluding hydrogens is 643 g/mol. The number of halogens is 2. The molecule has 0 bridgehead atoms. The van der Waals surface area contributed by atoms with Gasteiger partial charge in [0.05, 0.1) is 15.6 Å². The van der Waals surface area contributed by atoms with Crippen molar-refractivity contribution >= 4 is 56.8 Å². The van der Waals surface area contributed by atoms with Crippen molar-refractivity contribution in [1.29, 1.82) is 0 Å². The molecular formula is C31H32Cl2N4O7S. The number of likely N-dealkylation sites (tertiary alicyclic amines) is 2. The number of nitrogens with one attached hydrogen (secondary N) is 2. The first-order valence-electron chi connectivity index (χ1n) is 14.4. The molecule has 0 spiro atoms. The zero-order valence-electron chi connectivity index (χ0n) is 24.1. The quantitative estimate of drug-likeness (QED) is 0.264. The standard InChI is InChI=1S/C31H32Cl2N4O7S/c32-22-9-12-27(24(33)18-22)44-28-6-2-1-4-25(28)35-45(42,43)23-10-7-21(8-11-23)30(39)37-15-3-5-26(37)29(38)34-19-20-13-16-36(17-14-20)31(40)41/h1-2,4,6-12,18,20,26,35H,3,5,13-17,19H2,(H,34,38)(H,40,41)/t26-/m0/s1. The monoisotopic (exact) mass is 674 g/mol. The molecule has 238 valence electrons. The van der Waals surface area contributed by atoms with Gasteiger partial charge in [-0.25, -0.2) is 13.2 Å². The number of carbonyl (C=O) groups excluding carboxylic acids is 2. The maximum Gasteiger partial charge on any atom is 0.407 e. The predicted molar refractivity (Wildman–Crippen MR) is 170 cm³/mol. The lowest BCUT2D eigenvalue weighted by Crippen LogP contribution is -2.48. The van der Waals surface area contributed by atoms with Crippen molar-refractivity contribution in [3.8, 4) is 11.5 Å². The van der Waals surface area contributed by atoms with E-state index in [1.54, 1.807) is 36.4 Å². The SMILES string of the molecule is O=C(NCC1CCN(C(=O)O)CC1)[C@@H]1CCCN1C(=O)c1ccc(S(=O)(=O)Nc2ccccc2Oc2ccc(Cl)cc2Cl)cc1. The van der Waals surface area contributed by atoms with Crippen LogP contribution in [0, 0.1) is 5.92 Å². The summed E-state index contributed by atoms with van der Waals surface area (Å²) in [5.41, 5.74) is 0.442. The summed E-state index contributed by atoms with van der Waals surface area (Å²) in [6.07, 6.45) is 1.59. The Morgan fingerprint density at radius 2 is 1.62 bits per heavy atom. The molecule has 2 aliphatic rings. The van der Waals surface area contributed by atoms with Crippen LogP contribution in [-0.2, 0) is 14.8 Å². The first-order valence-corrected chi connectivity index (χ1v) is 16.7. The average molecular weight is 676 g/mol. The molecule has 2 heterocycles. The molecule has 0 aliphatic carbocycles. The minimum atomic E-state index is -4.07. The van der Waals surface area contributed by atoms with Crippen LogP contribution in [0.15, 0.2) is 71.6 Å². The van der Waals surface area contributed by atoms with E-state index in [1.807, 2.05) is 0 Å². The number of nitrogens with zero attached hydrogens (tertiary/aromatic N) is 2. The van der Waals surface area contributed by atoms with E-state index in [0.29, 0.717) is 62.6 Å². The third kappa shape index (κ3) is 7.81. The molecule has 0 radical (unpaired) electrons. The fraction of sp³-hybridized carbons (Fsp3) is 0.323. The maximum absolute atomic E-state index is 13.4. The van der Waals surface area contributed by atoms with Crippen molar-refractivity contribution < 1.29 is 32.6 Å². The molecule has 0 aromatic heterocycles. The van der Waals surface area contributed by atoms with E-state index < -0.39 is 22.2 Å². The number of anilines is 1. The number of para-hydroxylation sites is 2. The molecule has 11 nitrogen and oxygen atoms in total. The van der Waals surface area contributed by atoms with E-state index in [0.717, 1.165) is 0 Å². The Bertz CT molecular complexity index is 1680. The van der Waals surface area contributed by atoms with Gasteiger partial charge in [0.2, 0.25) is 5.91 Å². The molecule has 5 rings (SSSR count). The number of benzene rings is 3. The minimum absolute atomic E-state index is 0.0666. The van der Waals surface area contributed by atoms with E-state index in [1.165, 1.54) is 40.1 Å². The zero-order chi connectivity index (χ0) is 32.1. The number of rotatable bonds is 9. The number of piperidine rings is 1. The molecule has 2 aliphatic heterocycles. The molecule has 3 aromatic carbocycles. The summed E-state index contributed by atoms with van der Waals surface area (Å²) in [7, 11) is -4.07. The smallest absolute Gasteiger partial charge is 0.407 e. The summed E-state index contributed by atoms with van der Waals surface area (Å²) < 4.78 is 34.9. The van der Waals surface area contributed by atoms with Gasteiger partial charge >= 0.3 is 6.09 Å². The molecule has 3 amide bonds. The first-order chi connectivity index (χ1) is 21.5. The Morgan fingerprint density at radius 1 is 0.911 bits per heavy atom. The highest BCUT2D eigenvalue weighted by Gasteiger charge is 2.35. The van der Waals surface area contributed by atoms with E-state index in [2.05, 4.69) is 10.0 Å². The maximum atomic E-state index is 13.4. The lowest BCUT2D eigenvalue weighted by atomic mass is 9.97. The van der Waals surface area contributed by atoms with Gasteiger partial charge in [-0.05, 0) is 86.2 Å². The number of amides is 3. The lowest BCUT2D eigenvalue weighted by molar-refractivity contribution is -0.125. The molecule has 0 unspecified atom stereocenters. The number of sulfonamides is 1. The fourth-order valence-corrected chi connectivity index (χ4v) is 6.95. The highest BCUT2D eigenvalue weighted by atomic mass is 35.5. The normalized spacial score (nSPS) is 17.2. The van der Waals surface area contributed by atoms with Crippen LogP contribution in [0.4, 0.5) is 10.5 Å². The van der Waals surface area contributed by atoms with Crippen LogP contribution in [0.5, 0.6) is 11.5 Å². The van der Waals surface area contributed by atoms with Crippen molar-refractivity contribution in [2.75, 3.05) is 30.9 Å². The third-order valence-electron chi connectivity index (χ3n) is 7.92. The van der Waals surface area contributed by atoms with Gasteiger partial charge in [-0.3, -0.25) is 14.3 Å². The Kier molecular flexibility index (Phi) is 10.1. The van der Waals surface area contributed by atoms with Crippen molar-refractivity contribution in [2.45, 2.75) is 36.6 Å². The summed E-state index contributed by atoms with van der Waals surface area (Å²) in [5, 5.41) is 12.8. The highest BCUT2D eigenvalue weighted by molar-refractivity contribution is 7.92. The summed E-state index contributed by atoms with van der Waals surface area (Å²) >= 11 is 12.2. The molecule has 1 atom stereocenters. The van der Waals surface area contributed by atoms with Crippen LogP contribution in [0.1, 0.15) is 36.0 Å². The molecule has 2 fully saturated rings. The molecule has 3 aromatic rings. The number of carbonyl (C=O) groups is 3. The minimum Gasteiger partial charge on any atom is -0.465 e. The van der Waals surface area contributed by atoms with E-state index in [4.69, 9.17) is 33.0 Å². The second-order valence-electron chi connectivity index (χ2n) is 10.9. The molecule has 2 saturated heterocycles. The number of hydrogen-bond donors (Lipinski definition) is 3. The zero-order valence-corrected chi connectivity index (χ0v) is 26.4. The number of ether oxygens (including phenoxy) is 1. The van der Waals surface area contributed by atoms with Gasteiger partial charge in [-0.15, -0.1) is 0 Å². The molecule has 0 saturated carbocycles. The summed E-state index contributed by atoms with van der Waals surface area (Å²) in [6.45, 7) is 1.70. The van der Waals surface area contributed by atoms with Gasteiger partial charge in [-0.1, -0.05) is 35.3 Å². The first kappa shape index (κ1) is 32.4. The van der Waals surface area contributed by atoms with Crippen LogP contribution in [0.2, 0.25) is 10.0 Å². The number of carboxylic acid groups (broad SMARTS) is 1. The van der Waals surface area contributed by atoms with Gasteiger partial charge < -0.3 is 25.0 Å². The average Bonchev–Trinajstić information content (AvgIpc) is 3.52. The Balaban J connectivity index is 1.21. The van der Waals surface area contributed by atoms with Crippen LogP contribution in [0.3, 0.4) is 0 Å². The van der Waals surface area contributed by atoms with Crippen LogP contribution in [0.25, 0.3) is 0 Å². The van der Waals surface area contributed by atoms with Crippen LogP contribution < -0.4 is 14.8 Å². The van der Waals surface area contributed by atoms with Crippen LogP contribution >= 0.6 is 23.2 Å². The summed E-state index contributed by atoms with van der Waals surface area (Å²) in [4.78, 5) is 40.3. The van der Waals surface area contributed by atoms with Crippen molar-refractivity contribution in [3.05, 3.63) is 82.3 Å². The predicted octanol–water partition coefficient (Wildman–Crippen LogP) is 5.70. The largest absolute Gasteiger partial charge is 0.465 e. The Morgan fingerprint density at radius 3 is 2.31 bits per heavy atom. The molecule has 14 heteroatoms. The highest BCUT2D eigenvalue weighted by Crippen LogP contribution is 2.36. The summed E-state index contributed by atoms with van der Waals surface area (Å²) in [5.74, 6) is 0.0854. The Hall–Kier alpha value is -4.00. The van der Waals surface area contributed by atoms with E-state index in [-0.39, 0.29) is 44.7 Å². The van der Waals surface area contributed by atoms with Gasteiger partial charge in [0, 0.05) is 36.8 Å². The van der Waals surface area contributed by atoms with E-state index >= 15 is 0 Å². The van der Waals surface area contributed by atoms with Crippen molar-refractivity contribution in [1.82, 2.24) is 15.1 Å². The molecule has 3 N–H and O–H groups in total. The second kappa shape index (κ2) is 14.0. The van der Waals surface area contributed by atoms with E-state index in [9.17, 15) is 22.8 Å². The third-order valence-corrected chi connectivity index (χ3v) is 9.83. The number of hydrogen-bond acceptors (Lipinski definition) is 6. The lowest BCUT2D eigenvalue weighted by Gasteiger charge is -2.30. The van der Waals surface area contributed by atoms with Gasteiger partial charge in [0.15, 0.2) is 5.75 Å². The summed E-state index contributed by atoms with van der Waals surface area (Å²) in [6, 6.07) is 16.1. The second-order valence-corrected chi connectivity index (χ2v) is 13.4. The fourth-order valence-electron chi connectivity index (χ4n) is 5.44. The van der Waals surface area contributed by atoms with Crippen molar-refractivity contribution in [3.63, 3.8) is 0 Å².